The molecule has 0 saturated carbocycles. The molecule has 1 heterocycles. The molecule has 0 saturated heterocycles. The van der Waals surface area contributed by atoms with Crippen LogP contribution in [0.2, 0.25) is 0 Å². The number of nitrogens with zero attached hydrogens (tertiary/aromatic N) is 2. The van der Waals surface area contributed by atoms with E-state index < -0.39 is 0 Å². The summed E-state index contributed by atoms with van der Waals surface area (Å²) in [7, 11) is 0. The van der Waals surface area contributed by atoms with Crippen LogP contribution in [0.1, 0.15) is 29.4 Å². The van der Waals surface area contributed by atoms with Crippen molar-refractivity contribution in [1.82, 2.24) is 15.5 Å². The van der Waals surface area contributed by atoms with Gasteiger partial charge in [0, 0.05) is 12.8 Å². The van der Waals surface area contributed by atoms with E-state index in [4.69, 9.17) is 9.47 Å². The second kappa shape index (κ2) is 10.2. The number of H-pyrrole nitrogens is 1. The van der Waals surface area contributed by atoms with E-state index in [2.05, 4.69) is 20.5 Å². The van der Waals surface area contributed by atoms with Crippen LogP contribution in [-0.4, -0.2) is 35.5 Å². The van der Waals surface area contributed by atoms with Gasteiger partial charge in [-0.2, -0.15) is 5.10 Å². The Hall–Kier alpha value is -3.61. The fourth-order valence-electron chi connectivity index (χ4n) is 2.86. The molecule has 0 atom stereocenters. The molecule has 7 heteroatoms. The lowest BCUT2D eigenvalue weighted by Crippen LogP contribution is -2.28. The molecule has 1 amide bonds. The van der Waals surface area contributed by atoms with Gasteiger partial charge in [0.25, 0.3) is 5.91 Å². The van der Waals surface area contributed by atoms with Crippen LogP contribution < -0.4 is 14.8 Å². The van der Waals surface area contributed by atoms with Crippen LogP contribution in [0.15, 0.2) is 53.5 Å². The van der Waals surface area contributed by atoms with Gasteiger partial charge in [-0.15, -0.1) is 0 Å². The smallest absolute Gasteiger partial charge is 0.258 e. The molecule has 0 radical (unpaired) electrons. The van der Waals surface area contributed by atoms with Gasteiger partial charge in [-0.1, -0.05) is 30.3 Å². The number of carbonyl (C=O) groups is 1. The monoisotopic (exact) mass is 406 g/mol. The van der Waals surface area contributed by atoms with Crippen LogP contribution in [0.25, 0.3) is 0 Å². The van der Waals surface area contributed by atoms with Crippen LogP contribution in [0.3, 0.4) is 0 Å². The SMILES string of the molecule is CCOc1cc(C=Nc2c(C)n[nH]c2C)ccc1OCC(=O)NCc1ccccc1. The second-order valence-electron chi connectivity index (χ2n) is 6.73. The van der Waals surface area contributed by atoms with Gasteiger partial charge < -0.3 is 14.8 Å². The normalized spacial score (nSPS) is 10.9. The lowest BCUT2D eigenvalue weighted by molar-refractivity contribution is -0.123. The number of nitrogens with one attached hydrogen (secondary N) is 2. The Morgan fingerprint density at radius 1 is 1.13 bits per heavy atom. The summed E-state index contributed by atoms with van der Waals surface area (Å²) in [5.41, 5.74) is 4.47. The highest BCUT2D eigenvalue weighted by Gasteiger charge is 2.10. The van der Waals surface area contributed by atoms with Crippen molar-refractivity contribution in [2.45, 2.75) is 27.3 Å². The quantitative estimate of drug-likeness (QED) is 0.528. The minimum Gasteiger partial charge on any atom is -0.490 e. The van der Waals surface area contributed by atoms with Gasteiger partial charge in [0.05, 0.1) is 18.0 Å². The first-order chi connectivity index (χ1) is 14.6. The molecule has 3 aromatic rings. The highest BCUT2D eigenvalue weighted by Crippen LogP contribution is 2.28. The maximum Gasteiger partial charge on any atom is 0.258 e. The predicted molar refractivity (Wildman–Crippen MR) is 117 cm³/mol. The van der Waals surface area contributed by atoms with E-state index in [-0.39, 0.29) is 12.5 Å². The van der Waals surface area contributed by atoms with Gasteiger partial charge in [0.15, 0.2) is 18.1 Å². The lowest BCUT2D eigenvalue weighted by Gasteiger charge is -2.12. The van der Waals surface area contributed by atoms with Crippen molar-refractivity contribution in [1.29, 1.82) is 0 Å². The van der Waals surface area contributed by atoms with Gasteiger partial charge in [-0.25, -0.2) is 0 Å². The summed E-state index contributed by atoms with van der Waals surface area (Å²) in [6.07, 6.45) is 1.75. The Bertz CT molecular complexity index is 993. The topological polar surface area (TPSA) is 88.6 Å². The van der Waals surface area contributed by atoms with Crippen molar-refractivity contribution in [2.75, 3.05) is 13.2 Å². The van der Waals surface area contributed by atoms with Gasteiger partial charge >= 0.3 is 0 Å². The molecule has 0 unspecified atom stereocenters. The molecule has 156 valence electrons. The third kappa shape index (κ3) is 5.70. The molecule has 1 aromatic heterocycles. The Kier molecular flexibility index (Phi) is 7.21. The zero-order chi connectivity index (χ0) is 21.3. The number of hydrogen-bond donors (Lipinski definition) is 2. The van der Waals surface area contributed by atoms with E-state index in [1.54, 1.807) is 12.3 Å². The lowest BCUT2D eigenvalue weighted by atomic mass is 10.2. The molecule has 0 bridgehead atoms. The van der Waals surface area contributed by atoms with E-state index in [0.717, 1.165) is 28.2 Å². The minimum atomic E-state index is -0.196. The number of aliphatic imine (C=N–C) groups is 1. The molecule has 0 fully saturated rings. The minimum absolute atomic E-state index is 0.0895. The fourth-order valence-corrected chi connectivity index (χ4v) is 2.86. The molecule has 30 heavy (non-hydrogen) atoms. The summed E-state index contributed by atoms with van der Waals surface area (Å²) in [6.45, 7) is 6.59. The van der Waals surface area contributed by atoms with Crippen molar-refractivity contribution in [3.8, 4) is 11.5 Å². The molecular weight excluding hydrogens is 380 g/mol. The average molecular weight is 406 g/mol. The van der Waals surface area contributed by atoms with E-state index in [1.807, 2.05) is 63.2 Å². The Morgan fingerprint density at radius 2 is 1.93 bits per heavy atom. The zero-order valence-electron chi connectivity index (χ0n) is 17.4. The molecule has 3 rings (SSSR count). The number of aryl methyl sites for hydroxylation is 2. The largest absolute Gasteiger partial charge is 0.490 e. The van der Waals surface area contributed by atoms with E-state index >= 15 is 0 Å². The maximum absolute atomic E-state index is 12.1. The number of aromatic amines is 1. The van der Waals surface area contributed by atoms with Crippen molar-refractivity contribution in [2.24, 2.45) is 4.99 Å². The summed E-state index contributed by atoms with van der Waals surface area (Å²) >= 11 is 0. The first kappa shape index (κ1) is 21.1. The van der Waals surface area contributed by atoms with Gasteiger partial charge in [0.1, 0.15) is 5.69 Å². The third-order valence-corrected chi connectivity index (χ3v) is 4.39. The van der Waals surface area contributed by atoms with Gasteiger partial charge in [-0.05, 0) is 50.1 Å². The Morgan fingerprint density at radius 3 is 2.63 bits per heavy atom. The maximum atomic E-state index is 12.1. The zero-order valence-corrected chi connectivity index (χ0v) is 17.4. The number of aromatic nitrogens is 2. The number of rotatable bonds is 9. The molecule has 7 nitrogen and oxygen atoms in total. The summed E-state index contributed by atoms with van der Waals surface area (Å²) in [6, 6.07) is 15.2. The second-order valence-corrected chi connectivity index (χ2v) is 6.73. The summed E-state index contributed by atoms with van der Waals surface area (Å²) in [5, 5.41) is 9.90. The predicted octanol–water partition coefficient (Wildman–Crippen LogP) is 3.87. The number of carbonyl (C=O) groups excluding carboxylic acids is 1. The number of hydrogen-bond acceptors (Lipinski definition) is 5. The fraction of sp³-hybridized carbons (Fsp3) is 0.261. The molecule has 0 spiro atoms. The average Bonchev–Trinajstić information content (AvgIpc) is 3.08. The summed E-state index contributed by atoms with van der Waals surface area (Å²) < 4.78 is 11.4. The molecule has 0 aliphatic heterocycles. The van der Waals surface area contributed by atoms with Gasteiger partial charge in [-0.3, -0.25) is 14.9 Å². The molecule has 2 N–H and O–H groups in total. The summed E-state index contributed by atoms with van der Waals surface area (Å²) in [4.78, 5) is 16.6. The highest BCUT2D eigenvalue weighted by atomic mass is 16.5. The van der Waals surface area contributed by atoms with E-state index in [9.17, 15) is 4.79 Å². The van der Waals surface area contributed by atoms with Crippen LogP contribution >= 0.6 is 0 Å². The molecule has 2 aromatic carbocycles. The number of ether oxygens (including phenoxy) is 2. The first-order valence-corrected chi connectivity index (χ1v) is 9.82. The van der Waals surface area contributed by atoms with E-state index in [0.29, 0.717) is 24.7 Å². The standard InChI is InChI=1S/C23H26N4O3/c1-4-29-21-12-19(14-25-23-16(2)26-27-17(23)3)10-11-20(21)30-15-22(28)24-13-18-8-6-5-7-9-18/h5-12,14H,4,13,15H2,1-3H3,(H,24,28)(H,26,27). The Labute approximate surface area is 176 Å². The van der Waals surface area contributed by atoms with Crippen LogP contribution in [0, 0.1) is 13.8 Å². The van der Waals surface area contributed by atoms with Crippen LogP contribution in [0.4, 0.5) is 5.69 Å². The first-order valence-electron chi connectivity index (χ1n) is 9.82. The molecule has 0 aliphatic rings. The van der Waals surface area contributed by atoms with Crippen LogP contribution in [0.5, 0.6) is 11.5 Å². The number of benzene rings is 2. The van der Waals surface area contributed by atoms with E-state index in [1.165, 1.54) is 0 Å². The van der Waals surface area contributed by atoms with Gasteiger partial charge in [0.2, 0.25) is 0 Å². The Balaban J connectivity index is 1.62. The molecular formula is C23H26N4O3. The summed E-state index contributed by atoms with van der Waals surface area (Å²) in [5.74, 6) is 0.885. The van der Waals surface area contributed by atoms with Crippen molar-refractivity contribution >= 4 is 17.8 Å². The molecule has 0 aliphatic carbocycles. The van der Waals surface area contributed by atoms with Crippen molar-refractivity contribution in [3.05, 3.63) is 71.0 Å². The van der Waals surface area contributed by atoms with Crippen LogP contribution in [-0.2, 0) is 11.3 Å². The highest BCUT2D eigenvalue weighted by molar-refractivity contribution is 5.83. The van der Waals surface area contributed by atoms with Crippen molar-refractivity contribution in [3.63, 3.8) is 0 Å². The number of amides is 1. The third-order valence-electron chi connectivity index (χ3n) is 4.39. The van der Waals surface area contributed by atoms with Crippen molar-refractivity contribution < 1.29 is 14.3 Å².